The zero-order valence-electron chi connectivity index (χ0n) is 17.1. The summed E-state index contributed by atoms with van der Waals surface area (Å²) in [6, 6.07) is 21.4. The fourth-order valence-corrected chi connectivity index (χ4v) is 4.27. The normalized spacial score (nSPS) is 10.6. The molecule has 2 heterocycles. The molecular weight excluding hydrogens is 426 g/mol. The van der Waals surface area contributed by atoms with E-state index < -0.39 is 12.1 Å². The molecule has 2 N–H and O–H groups in total. The van der Waals surface area contributed by atoms with Crippen LogP contribution in [0.25, 0.3) is 21.6 Å². The zero-order valence-corrected chi connectivity index (χ0v) is 17.9. The molecule has 0 atom stereocenters. The summed E-state index contributed by atoms with van der Waals surface area (Å²) in [5.74, 6) is -0.840. The molecule has 4 aromatic rings. The number of carboxylic acids is 1. The van der Waals surface area contributed by atoms with Crippen LogP contribution in [0.3, 0.4) is 0 Å². The summed E-state index contributed by atoms with van der Waals surface area (Å²) in [7, 11) is 0. The summed E-state index contributed by atoms with van der Waals surface area (Å²) in [5, 5.41) is 11.7. The molecule has 32 heavy (non-hydrogen) atoms. The van der Waals surface area contributed by atoms with Crippen molar-refractivity contribution in [3.8, 4) is 21.6 Å². The van der Waals surface area contributed by atoms with E-state index >= 15 is 0 Å². The largest absolute Gasteiger partial charge is 0.481 e. The van der Waals surface area contributed by atoms with E-state index in [1.54, 1.807) is 6.26 Å². The lowest BCUT2D eigenvalue weighted by Crippen LogP contribution is -2.15. The van der Waals surface area contributed by atoms with Crippen LogP contribution >= 0.6 is 11.3 Å². The van der Waals surface area contributed by atoms with Crippen molar-refractivity contribution in [2.24, 2.45) is 0 Å². The SMILES string of the molecule is O=C(O)Cc1ccc(-c2ccc(-c3cocc3NC(=O)OCCc3ccccc3)cc2)s1. The lowest BCUT2D eigenvalue weighted by Gasteiger charge is -2.08. The second kappa shape index (κ2) is 9.98. The third-order valence-electron chi connectivity index (χ3n) is 4.83. The number of carbonyl (C=O) groups excluding carboxylic acids is 1. The number of carboxylic acid groups (broad SMARTS) is 1. The molecule has 4 rings (SSSR count). The van der Waals surface area contributed by atoms with Crippen molar-refractivity contribution in [3.63, 3.8) is 0 Å². The maximum absolute atomic E-state index is 12.2. The van der Waals surface area contributed by atoms with Crippen molar-refractivity contribution in [2.45, 2.75) is 12.8 Å². The molecule has 0 radical (unpaired) electrons. The van der Waals surface area contributed by atoms with Gasteiger partial charge in [-0.3, -0.25) is 10.1 Å². The minimum Gasteiger partial charge on any atom is -0.481 e. The molecular formula is C25H21NO5S. The van der Waals surface area contributed by atoms with E-state index in [-0.39, 0.29) is 13.0 Å². The molecule has 0 unspecified atom stereocenters. The van der Waals surface area contributed by atoms with Crippen molar-refractivity contribution in [3.05, 3.63) is 89.7 Å². The van der Waals surface area contributed by atoms with Crippen LogP contribution in [0, 0.1) is 0 Å². The highest BCUT2D eigenvalue weighted by atomic mass is 32.1. The fraction of sp³-hybridized carbons (Fsp3) is 0.120. The summed E-state index contributed by atoms with van der Waals surface area (Å²) in [6.07, 6.45) is 3.17. The Kier molecular flexibility index (Phi) is 6.67. The van der Waals surface area contributed by atoms with Gasteiger partial charge in [-0.05, 0) is 28.8 Å². The Morgan fingerprint density at radius 2 is 1.69 bits per heavy atom. The number of ether oxygens (including phenoxy) is 1. The number of benzene rings is 2. The van der Waals surface area contributed by atoms with Gasteiger partial charge in [-0.1, -0.05) is 54.6 Å². The first-order valence-electron chi connectivity index (χ1n) is 10.0. The van der Waals surface area contributed by atoms with Crippen LogP contribution in [0.15, 0.2) is 83.7 Å². The Morgan fingerprint density at radius 1 is 0.938 bits per heavy atom. The number of nitrogens with one attached hydrogen (secondary N) is 1. The number of amides is 1. The van der Waals surface area contributed by atoms with Gasteiger partial charge < -0.3 is 14.3 Å². The van der Waals surface area contributed by atoms with Crippen LogP contribution in [0.2, 0.25) is 0 Å². The van der Waals surface area contributed by atoms with E-state index in [1.807, 2.05) is 66.7 Å². The third-order valence-corrected chi connectivity index (χ3v) is 5.97. The molecule has 0 spiro atoms. The van der Waals surface area contributed by atoms with E-state index in [0.29, 0.717) is 12.1 Å². The third kappa shape index (κ3) is 5.44. The predicted molar refractivity (Wildman–Crippen MR) is 124 cm³/mol. The highest BCUT2D eigenvalue weighted by Gasteiger charge is 2.13. The monoisotopic (exact) mass is 447 g/mol. The van der Waals surface area contributed by atoms with Crippen LogP contribution in [-0.2, 0) is 22.4 Å². The summed E-state index contributed by atoms with van der Waals surface area (Å²) >= 11 is 1.46. The molecule has 2 aromatic carbocycles. The van der Waals surface area contributed by atoms with Gasteiger partial charge in [-0.2, -0.15) is 0 Å². The molecule has 0 aliphatic heterocycles. The number of thiophene rings is 1. The second-order valence-electron chi connectivity index (χ2n) is 7.11. The number of carbonyl (C=O) groups is 2. The van der Waals surface area contributed by atoms with Crippen LogP contribution in [0.1, 0.15) is 10.4 Å². The first-order chi connectivity index (χ1) is 15.6. The Hall–Kier alpha value is -3.84. The van der Waals surface area contributed by atoms with Gasteiger partial charge in [-0.25, -0.2) is 4.79 Å². The molecule has 1 amide bonds. The number of hydrogen-bond donors (Lipinski definition) is 2. The lowest BCUT2D eigenvalue weighted by molar-refractivity contribution is -0.136. The van der Waals surface area contributed by atoms with Gasteiger partial charge in [0, 0.05) is 21.7 Å². The van der Waals surface area contributed by atoms with Crippen molar-refractivity contribution < 1.29 is 23.8 Å². The number of hydrogen-bond acceptors (Lipinski definition) is 5. The van der Waals surface area contributed by atoms with E-state index in [0.717, 1.165) is 32.0 Å². The van der Waals surface area contributed by atoms with Crippen molar-refractivity contribution in [2.75, 3.05) is 11.9 Å². The smallest absolute Gasteiger partial charge is 0.411 e. The van der Waals surface area contributed by atoms with Crippen molar-refractivity contribution in [1.82, 2.24) is 0 Å². The summed E-state index contributed by atoms with van der Waals surface area (Å²) in [6.45, 7) is 0.280. The quantitative estimate of drug-likeness (QED) is 0.341. The first-order valence-corrected chi connectivity index (χ1v) is 10.9. The molecule has 0 fully saturated rings. The molecule has 0 saturated heterocycles. The maximum atomic E-state index is 12.2. The topological polar surface area (TPSA) is 88.8 Å². The van der Waals surface area contributed by atoms with Gasteiger partial charge in [-0.15, -0.1) is 11.3 Å². The Labute approximate surface area is 189 Å². The average Bonchev–Trinajstić information content (AvgIpc) is 3.44. The van der Waals surface area contributed by atoms with Crippen LogP contribution in [0.5, 0.6) is 0 Å². The molecule has 162 valence electrons. The minimum atomic E-state index is -0.840. The van der Waals surface area contributed by atoms with Crippen LogP contribution < -0.4 is 5.32 Å². The van der Waals surface area contributed by atoms with E-state index in [9.17, 15) is 9.59 Å². The summed E-state index contributed by atoms with van der Waals surface area (Å²) in [4.78, 5) is 24.9. The van der Waals surface area contributed by atoms with E-state index in [4.69, 9.17) is 14.3 Å². The molecule has 2 aromatic heterocycles. The standard InChI is InChI=1S/C25H21NO5S/c27-24(28)14-20-10-11-23(32-20)19-8-6-18(7-9-19)21-15-30-16-22(21)26-25(29)31-13-12-17-4-2-1-3-5-17/h1-11,15-16H,12-14H2,(H,26,29)(H,27,28). The van der Waals surface area contributed by atoms with Crippen LogP contribution in [-0.4, -0.2) is 23.8 Å². The molecule has 0 bridgehead atoms. The van der Waals surface area contributed by atoms with Crippen LogP contribution in [0.4, 0.5) is 10.5 Å². The second-order valence-corrected chi connectivity index (χ2v) is 8.28. The Balaban J connectivity index is 1.38. The number of anilines is 1. The summed E-state index contributed by atoms with van der Waals surface area (Å²) in [5.41, 5.74) is 4.25. The number of furan rings is 1. The lowest BCUT2D eigenvalue weighted by atomic mass is 10.0. The average molecular weight is 448 g/mol. The summed E-state index contributed by atoms with van der Waals surface area (Å²) < 4.78 is 10.6. The van der Waals surface area contributed by atoms with Gasteiger partial charge in [0.25, 0.3) is 0 Å². The van der Waals surface area contributed by atoms with Crippen molar-refractivity contribution in [1.29, 1.82) is 0 Å². The predicted octanol–water partition coefficient (Wildman–Crippen LogP) is 6.09. The molecule has 0 saturated carbocycles. The van der Waals surface area contributed by atoms with Gasteiger partial charge in [0.2, 0.25) is 0 Å². The number of rotatable bonds is 8. The minimum absolute atomic E-state index is 0.0221. The van der Waals surface area contributed by atoms with Gasteiger partial charge in [0.1, 0.15) is 12.5 Å². The van der Waals surface area contributed by atoms with Gasteiger partial charge in [0.15, 0.2) is 0 Å². The number of aliphatic carboxylic acids is 1. The molecule has 0 aliphatic rings. The highest BCUT2D eigenvalue weighted by molar-refractivity contribution is 7.15. The molecule has 7 heteroatoms. The van der Waals surface area contributed by atoms with Gasteiger partial charge in [0.05, 0.1) is 18.7 Å². The maximum Gasteiger partial charge on any atom is 0.411 e. The Morgan fingerprint density at radius 3 is 2.44 bits per heavy atom. The first kappa shape index (κ1) is 21.4. The fourth-order valence-electron chi connectivity index (χ4n) is 3.26. The van der Waals surface area contributed by atoms with Gasteiger partial charge >= 0.3 is 12.1 Å². The molecule has 6 nitrogen and oxygen atoms in total. The highest BCUT2D eigenvalue weighted by Crippen LogP contribution is 2.33. The molecule has 0 aliphatic carbocycles. The Bertz CT molecular complexity index is 1190. The van der Waals surface area contributed by atoms with E-state index in [1.165, 1.54) is 17.6 Å². The van der Waals surface area contributed by atoms with E-state index in [2.05, 4.69) is 5.32 Å². The zero-order chi connectivity index (χ0) is 22.3. The van der Waals surface area contributed by atoms with Crippen molar-refractivity contribution >= 4 is 29.1 Å².